The van der Waals surface area contributed by atoms with Gasteiger partial charge < -0.3 is 9.47 Å². The van der Waals surface area contributed by atoms with Crippen LogP contribution in [0.3, 0.4) is 0 Å². The molecule has 0 N–H and O–H groups in total. The lowest BCUT2D eigenvalue weighted by molar-refractivity contribution is 0.340. The third-order valence-electron chi connectivity index (χ3n) is 2.95. The molecule has 20 heavy (non-hydrogen) atoms. The molecule has 0 fully saturated rings. The van der Waals surface area contributed by atoms with Crippen LogP contribution in [-0.4, -0.2) is 13.7 Å². The minimum absolute atomic E-state index is 0.266. The Bertz CT molecular complexity index is 569. The largest absolute Gasteiger partial charge is 0.496 e. The van der Waals surface area contributed by atoms with Crippen molar-refractivity contribution in [1.82, 2.24) is 0 Å². The van der Waals surface area contributed by atoms with Crippen molar-refractivity contribution < 1.29 is 9.47 Å². The highest BCUT2D eigenvalue weighted by molar-refractivity contribution is 9.10. The Morgan fingerprint density at radius 2 is 1.85 bits per heavy atom. The Labute approximate surface area is 132 Å². The first kappa shape index (κ1) is 15.2. The molecule has 1 unspecified atom stereocenters. The second kappa shape index (κ2) is 7.00. The van der Waals surface area contributed by atoms with Crippen LogP contribution < -0.4 is 9.47 Å². The molecule has 0 saturated heterocycles. The maximum absolute atomic E-state index is 6.58. The van der Waals surface area contributed by atoms with Gasteiger partial charge in [0.1, 0.15) is 11.5 Å². The molecule has 0 spiro atoms. The highest BCUT2D eigenvalue weighted by Gasteiger charge is 2.16. The quantitative estimate of drug-likeness (QED) is 0.688. The zero-order chi connectivity index (χ0) is 14.5. The first-order valence-corrected chi connectivity index (χ1v) is 7.59. The van der Waals surface area contributed by atoms with E-state index in [4.69, 9.17) is 21.1 Å². The van der Waals surface area contributed by atoms with Crippen LogP contribution in [-0.2, 0) is 0 Å². The maximum atomic E-state index is 6.58. The van der Waals surface area contributed by atoms with E-state index in [-0.39, 0.29) is 5.38 Å². The van der Waals surface area contributed by atoms with Crippen LogP contribution >= 0.6 is 27.5 Å². The Morgan fingerprint density at radius 1 is 1.15 bits per heavy atom. The van der Waals surface area contributed by atoms with Gasteiger partial charge in [-0.25, -0.2) is 0 Å². The average Bonchev–Trinajstić information content (AvgIpc) is 2.47. The van der Waals surface area contributed by atoms with Crippen molar-refractivity contribution in [3.63, 3.8) is 0 Å². The molecule has 0 heterocycles. The van der Waals surface area contributed by atoms with Gasteiger partial charge in [0.25, 0.3) is 0 Å². The molecule has 106 valence electrons. The lowest BCUT2D eigenvalue weighted by Crippen LogP contribution is -1.98. The minimum atomic E-state index is -0.266. The number of methoxy groups -OCH3 is 1. The van der Waals surface area contributed by atoms with Gasteiger partial charge >= 0.3 is 0 Å². The number of alkyl halides is 1. The number of benzene rings is 2. The summed E-state index contributed by atoms with van der Waals surface area (Å²) in [5, 5.41) is -0.266. The fraction of sp³-hybridized carbons (Fsp3) is 0.250. The van der Waals surface area contributed by atoms with Crippen molar-refractivity contribution in [3.05, 3.63) is 58.1 Å². The molecule has 2 aromatic carbocycles. The van der Waals surface area contributed by atoms with Crippen molar-refractivity contribution in [3.8, 4) is 11.5 Å². The fourth-order valence-electron chi connectivity index (χ4n) is 1.98. The van der Waals surface area contributed by atoms with Crippen LogP contribution in [0.5, 0.6) is 11.5 Å². The van der Waals surface area contributed by atoms with E-state index >= 15 is 0 Å². The zero-order valence-corrected chi connectivity index (χ0v) is 13.7. The van der Waals surface area contributed by atoms with Crippen LogP contribution in [0, 0.1) is 0 Å². The summed E-state index contributed by atoms with van der Waals surface area (Å²) in [5.41, 5.74) is 1.94. The molecule has 0 saturated carbocycles. The van der Waals surface area contributed by atoms with Gasteiger partial charge in [-0.3, -0.25) is 0 Å². The van der Waals surface area contributed by atoms with Gasteiger partial charge in [0.15, 0.2) is 0 Å². The standard InChI is InChI=1S/C16H16BrClO2/c1-3-20-13-7-4-11(5-8-13)16(18)14-10-12(17)6-9-15(14)19-2/h4-10,16H,3H2,1-2H3. The molecule has 2 rings (SSSR count). The Hall–Kier alpha value is -1.19. The smallest absolute Gasteiger partial charge is 0.123 e. The van der Waals surface area contributed by atoms with E-state index in [2.05, 4.69) is 15.9 Å². The van der Waals surface area contributed by atoms with Gasteiger partial charge in [-0.15, -0.1) is 11.6 Å². The van der Waals surface area contributed by atoms with Crippen molar-refractivity contribution in [1.29, 1.82) is 0 Å². The minimum Gasteiger partial charge on any atom is -0.496 e. The normalized spacial score (nSPS) is 12.0. The molecular formula is C16H16BrClO2. The van der Waals surface area contributed by atoms with Crippen molar-refractivity contribution >= 4 is 27.5 Å². The summed E-state index contributed by atoms with van der Waals surface area (Å²) < 4.78 is 11.8. The zero-order valence-electron chi connectivity index (χ0n) is 11.4. The molecule has 0 bridgehead atoms. The van der Waals surface area contributed by atoms with Gasteiger partial charge in [-0.1, -0.05) is 28.1 Å². The highest BCUT2D eigenvalue weighted by atomic mass is 79.9. The van der Waals surface area contributed by atoms with Crippen LogP contribution in [0.1, 0.15) is 23.4 Å². The van der Waals surface area contributed by atoms with Crippen LogP contribution in [0.4, 0.5) is 0 Å². The van der Waals surface area contributed by atoms with Gasteiger partial charge in [-0.2, -0.15) is 0 Å². The first-order chi connectivity index (χ1) is 9.65. The molecule has 0 aliphatic heterocycles. The van der Waals surface area contributed by atoms with Gasteiger partial charge in [0, 0.05) is 10.0 Å². The monoisotopic (exact) mass is 354 g/mol. The molecule has 0 radical (unpaired) electrons. The predicted molar refractivity (Wildman–Crippen MR) is 86.0 cm³/mol. The van der Waals surface area contributed by atoms with Gasteiger partial charge in [0.05, 0.1) is 19.1 Å². The Kier molecular flexibility index (Phi) is 5.32. The number of hydrogen-bond acceptors (Lipinski definition) is 2. The van der Waals surface area contributed by atoms with E-state index in [1.54, 1.807) is 7.11 Å². The van der Waals surface area contributed by atoms with Crippen molar-refractivity contribution in [2.45, 2.75) is 12.3 Å². The molecule has 4 heteroatoms. The van der Waals surface area contributed by atoms with Gasteiger partial charge in [-0.05, 0) is 42.8 Å². The SMILES string of the molecule is CCOc1ccc(C(Cl)c2cc(Br)ccc2OC)cc1. The van der Waals surface area contributed by atoms with E-state index in [1.165, 1.54) is 0 Å². The number of hydrogen-bond donors (Lipinski definition) is 0. The second-order valence-corrected chi connectivity index (χ2v) is 5.60. The number of halogens is 2. The van der Waals surface area contributed by atoms with Gasteiger partial charge in [0.2, 0.25) is 0 Å². The Morgan fingerprint density at radius 3 is 2.45 bits per heavy atom. The molecule has 2 aromatic rings. The van der Waals surface area contributed by atoms with E-state index in [0.717, 1.165) is 27.1 Å². The van der Waals surface area contributed by atoms with E-state index < -0.39 is 0 Å². The second-order valence-electron chi connectivity index (χ2n) is 4.25. The van der Waals surface area contributed by atoms with Crippen LogP contribution in [0.15, 0.2) is 46.9 Å². The fourth-order valence-corrected chi connectivity index (χ4v) is 2.68. The lowest BCUT2D eigenvalue weighted by atomic mass is 10.0. The number of rotatable bonds is 5. The molecule has 0 aromatic heterocycles. The lowest BCUT2D eigenvalue weighted by Gasteiger charge is -2.15. The molecule has 1 atom stereocenters. The first-order valence-electron chi connectivity index (χ1n) is 6.36. The molecule has 0 aliphatic rings. The van der Waals surface area contributed by atoms with Crippen LogP contribution in [0.25, 0.3) is 0 Å². The summed E-state index contributed by atoms with van der Waals surface area (Å²) in [6.45, 7) is 2.62. The summed E-state index contributed by atoms with van der Waals surface area (Å²) in [5.74, 6) is 1.63. The number of ether oxygens (including phenoxy) is 2. The summed E-state index contributed by atoms with van der Waals surface area (Å²) in [7, 11) is 1.65. The Balaban J connectivity index is 2.30. The van der Waals surface area contributed by atoms with Crippen molar-refractivity contribution in [2.75, 3.05) is 13.7 Å². The van der Waals surface area contributed by atoms with Crippen molar-refractivity contribution in [2.24, 2.45) is 0 Å². The summed E-state index contributed by atoms with van der Waals surface area (Å²) in [4.78, 5) is 0. The third-order valence-corrected chi connectivity index (χ3v) is 3.93. The average molecular weight is 356 g/mol. The maximum Gasteiger partial charge on any atom is 0.123 e. The molecule has 0 aliphatic carbocycles. The molecule has 2 nitrogen and oxygen atoms in total. The molecule has 0 amide bonds. The van der Waals surface area contributed by atoms with Crippen LogP contribution in [0.2, 0.25) is 0 Å². The predicted octanol–water partition coefficient (Wildman–Crippen LogP) is 5.18. The molecular weight excluding hydrogens is 340 g/mol. The highest BCUT2D eigenvalue weighted by Crippen LogP contribution is 2.37. The topological polar surface area (TPSA) is 18.5 Å². The van der Waals surface area contributed by atoms with E-state index in [0.29, 0.717) is 6.61 Å². The third kappa shape index (κ3) is 3.47. The van der Waals surface area contributed by atoms with E-state index in [9.17, 15) is 0 Å². The summed E-state index contributed by atoms with van der Waals surface area (Å²) in [6.07, 6.45) is 0. The summed E-state index contributed by atoms with van der Waals surface area (Å²) >= 11 is 10.0. The van der Waals surface area contributed by atoms with E-state index in [1.807, 2.05) is 49.4 Å². The summed E-state index contributed by atoms with van der Waals surface area (Å²) in [6, 6.07) is 13.6.